The van der Waals surface area contributed by atoms with Crippen LogP contribution in [0.1, 0.15) is 0 Å². The molecule has 2 aromatic carbocycles. The molecule has 1 aliphatic carbocycles. The van der Waals surface area contributed by atoms with Crippen LogP contribution in [0.2, 0.25) is 0 Å². The van der Waals surface area contributed by atoms with Gasteiger partial charge in [0, 0.05) is 5.66 Å². The van der Waals surface area contributed by atoms with Gasteiger partial charge in [0.2, 0.25) is 0 Å². The third-order valence-corrected chi connectivity index (χ3v) is 7.31. The highest BCUT2D eigenvalue weighted by molar-refractivity contribution is 7.54. The summed E-state index contributed by atoms with van der Waals surface area (Å²) < 4.78 is 0. The third-order valence-electron chi connectivity index (χ3n) is 3.73. The van der Waals surface area contributed by atoms with E-state index in [2.05, 4.69) is 54.6 Å². The van der Waals surface area contributed by atoms with E-state index in [9.17, 15) is 4.79 Å². The van der Waals surface area contributed by atoms with Gasteiger partial charge in [-0.05, 0) is 10.6 Å². The molecule has 0 bridgehead atoms. The van der Waals surface area contributed by atoms with E-state index in [1.54, 1.807) is 0 Å². The number of hydrogen-bond acceptors (Lipinski definition) is 1. The SMILES string of the molecule is O=C[C@]1(Pc2ccccc2)C=CC=C[C@H]1Pc1ccccc1. The van der Waals surface area contributed by atoms with Crippen molar-refractivity contribution >= 4 is 34.1 Å². The molecule has 0 N–H and O–H groups in total. The Balaban J connectivity index is 1.88. The fourth-order valence-electron chi connectivity index (χ4n) is 2.57. The van der Waals surface area contributed by atoms with E-state index in [4.69, 9.17) is 0 Å². The zero-order chi connectivity index (χ0) is 15.3. The lowest BCUT2D eigenvalue weighted by Gasteiger charge is -2.34. The zero-order valence-electron chi connectivity index (χ0n) is 12.1. The largest absolute Gasteiger partial charge is 0.302 e. The van der Waals surface area contributed by atoms with Gasteiger partial charge in [0.1, 0.15) is 6.29 Å². The molecule has 0 amide bonds. The van der Waals surface area contributed by atoms with Crippen LogP contribution in [-0.2, 0) is 4.79 Å². The zero-order valence-corrected chi connectivity index (χ0v) is 14.1. The van der Waals surface area contributed by atoms with Crippen LogP contribution in [-0.4, -0.2) is 17.1 Å². The average Bonchev–Trinajstić information content (AvgIpc) is 2.58. The molecule has 3 rings (SSSR count). The maximum absolute atomic E-state index is 12.0. The molecule has 0 saturated heterocycles. The number of rotatable bonds is 5. The predicted octanol–water partition coefficient (Wildman–Crippen LogP) is 3.43. The quantitative estimate of drug-likeness (QED) is 0.608. The fraction of sp³-hybridized carbons (Fsp3) is 0.105. The van der Waals surface area contributed by atoms with E-state index in [1.807, 2.05) is 30.3 Å². The summed E-state index contributed by atoms with van der Waals surface area (Å²) in [6, 6.07) is 20.8. The lowest BCUT2D eigenvalue weighted by molar-refractivity contribution is -0.108. The van der Waals surface area contributed by atoms with Crippen molar-refractivity contribution in [2.75, 3.05) is 0 Å². The summed E-state index contributed by atoms with van der Waals surface area (Å²) in [7, 11) is 1.06. The van der Waals surface area contributed by atoms with E-state index < -0.39 is 5.16 Å². The van der Waals surface area contributed by atoms with Crippen molar-refractivity contribution in [2.45, 2.75) is 10.8 Å². The van der Waals surface area contributed by atoms with Crippen molar-refractivity contribution < 1.29 is 4.79 Å². The Bertz CT molecular complexity index is 679. The van der Waals surface area contributed by atoms with Crippen LogP contribution in [0.5, 0.6) is 0 Å². The number of benzene rings is 2. The number of hydrogen-bond donors (Lipinski definition) is 0. The molecule has 0 heterocycles. The monoisotopic (exact) mass is 324 g/mol. The van der Waals surface area contributed by atoms with Gasteiger partial charge in [-0.15, -0.1) is 0 Å². The Morgan fingerprint density at radius 1 is 0.864 bits per heavy atom. The van der Waals surface area contributed by atoms with Crippen LogP contribution in [0, 0.1) is 0 Å². The van der Waals surface area contributed by atoms with E-state index in [-0.39, 0.29) is 5.66 Å². The Morgan fingerprint density at radius 3 is 2.14 bits per heavy atom. The standard InChI is InChI=1S/C19H18OP2/c20-15-19(22-17-11-5-2-6-12-17)14-8-7-13-18(19)21-16-9-3-1-4-10-16/h1-15,18,21-22H/t18-,19-/m1/s1. The first-order valence-corrected chi connectivity index (χ1v) is 9.37. The first-order valence-electron chi connectivity index (χ1n) is 7.30. The van der Waals surface area contributed by atoms with Crippen LogP contribution < -0.4 is 10.6 Å². The molecule has 2 unspecified atom stereocenters. The smallest absolute Gasteiger partial charge is 0.135 e. The molecule has 110 valence electrons. The first kappa shape index (κ1) is 15.3. The molecule has 0 saturated carbocycles. The van der Waals surface area contributed by atoms with Crippen molar-refractivity contribution in [3.05, 3.63) is 85.0 Å². The van der Waals surface area contributed by atoms with Gasteiger partial charge in [0.15, 0.2) is 0 Å². The molecule has 0 spiro atoms. The van der Waals surface area contributed by atoms with Gasteiger partial charge in [0.25, 0.3) is 0 Å². The molecule has 1 nitrogen and oxygen atoms in total. The molecule has 4 atom stereocenters. The molecule has 22 heavy (non-hydrogen) atoms. The number of carbonyl (C=O) groups is 1. The van der Waals surface area contributed by atoms with Gasteiger partial charge in [-0.3, -0.25) is 0 Å². The summed E-state index contributed by atoms with van der Waals surface area (Å²) in [5, 5.41) is 2.12. The highest BCUT2D eigenvalue weighted by Crippen LogP contribution is 2.44. The van der Waals surface area contributed by atoms with E-state index in [0.29, 0.717) is 17.2 Å². The van der Waals surface area contributed by atoms with Gasteiger partial charge >= 0.3 is 0 Å². The molecule has 0 aliphatic heterocycles. The summed E-state index contributed by atoms with van der Waals surface area (Å²) >= 11 is 0. The maximum atomic E-state index is 12.0. The van der Waals surface area contributed by atoms with Gasteiger partial charge in [0.05, 0.1) is 5.16 Å². The number of carbonyl (C=O) groups excluding carboxylic acids is 1. The molecular weight excluding hydrogens is 306 g/mol. The van der Waals surface area contributed by atoms with Gasteiger partial charge in [-0.1, -0.05) is 102 Å². The van der Waals surface area contributed by atoms with Crippen LogP contribution in [0.4, 0.5) is 0 Å². The molecule has 1 aliphatic rings. The molecule has 0 fully saturated rings. The third kappa shape index (κ3) is 3.43. The second-order valence-electron chi connectivity index (χ2n) is 5.27. The topological polar surface area (TPSA) is 17.1 Å². The lowest BCUT2D eigenvalue weighted by atomic mass is 10.0. The Morgan fingerprint density at radius 2 is 1.50 bits per heavy atom. The minimum atomic E-state index is -0.412. The van der Waals surface area contributed by atoms with Crippen molar-refractivity contribution in [2.24, 2.45) is 0 Å². The first-order chi connectivity index (χ1) is 10.8. The Hall–Kier alpha value is -1.55. The molecular formula is C19H18OP2. The summed E-state index contributed by atoms with van der Waals surface area (Å²) in [5.41, 5.74) is 0.232. The Kier molecular flexibility index (Phi) is 4.98. The maximum Gasteiger partial charge on any atom is 0.135 e. The van der Waals surface area contributed by atoms with Gasteiger partial charge in [-0.25, -0.2) is 0 Å². The summed E-state index contributed by atoms with van der Waals surface area (Å²) in [6.45, 7) is 0. The summed E-state index contributed by atoms with van der Waals surface area (Å²) in [5.74, 6) is 0. The average molecular weight is 324 g/mol. The highest BCUT2D eigenvalue weighted by Gasteiger charge is 2.36. The molecule has 2 aromatic rings. The van der Waals surface area contributed by atoms with Crippen molar-refractivity contribution in [3.63, 3.8) is 0 Å². The predicted molar refractivity (Wildman–Crippen MR) is 99.6 cm³/mol. The van der Waals surface area contributed by atoms with Gasteiger partial charge < -0.3 is 4.79 Å². The number of allylic oxidation sites excluding steroid dienone is 4. The summed E-state index contributed by atoms with van der Waals surface area (Å²) in [4.78, 5) is 12.0. The van der Waals surface area contributed by atoms with Crippen LogP contribution in [0.15, 0.2) is 85.0 Å². The molecule has 0 radical (unpaired) electrons. The van der Waals surface area contributed by atoms with Crippen molar-refractivity contribution in [1.29, 1.82) is 0 Å². The van der Waals surface area contributed by atoms with Crippen LogP contribution in [0.3, 0.4) is 0 Å². The van der Waals surface area contributed by atoms with E-state index >= 15 is 0 Å². The van der Waals surface area contributed by atoms with Crippen molar-refractivity contribution in [3.8, 4) is 0 Å². The highest BCUT2D eigenvalue weighted by atomic mass is 31.1. The van der Waals surface area contributed by atoms with Crippen LogP contribution >= 0.6 is 17.2 Å². The second kappa shape index (κ2) is 7.14. The normalized spacial score (nSPS) is 24.5. The van der Waals surface area contributed by atoms with Gasteiger partial charge in [-0.2, -0.15) is 0 Å². The molecule has 0 aromatic heterocycles. The Labute approximate surface area is 135 Å². The number of aldehydes is 1. The lowest BCUT2D eigenvalue weighted by Crippen LogP contribution is -2.37. The van der Waals surface area contributed by atoms with Crippen molar-refractivity contribution in [1.82, 2.24) is 0 Å². The fourth-order valence-corrected chi connectivity index (χ4v) is 5.70. The second-order valence-corrected chi connectivity index (χ2v) is 8.46. The molecule has 3 heteroatoms. The van der Waals surface area contributed by atoms with Crippen LogP contribution in [0.25, 0.3) is 0 Å². The van der Waals surface area contributed by atoms with E-state index in [0.717, 1.165) is 6.29 Å². The summed E-state index contributed by atoms with van der Waals surface area (Å²) in [6.07, 6.45) is 9.51. The minimum absolute atomic E-state index is 0.232. The van der Waals surface area contributed by atoms with E-state index in [1.165, 1.54) is 10.6 Å². The minimum Gasteiger partial charge on any atom is -0.302 e.